The van der Waals surface area contributed by atoms with Gasteiger partial charge >= 0.3 is 0 Å². The van der Waals surface area contributed by atoms with Crippen molar-refractivity contribution < 1.29 is 23.9 Å². The van der Waals surface area contributed by atoms with Crippen LogP contribution in [0.4, 0.5) is 5.69 Å². The highest BCUT2D eigenvalue weighted by atomic mass is 79.9. The van der Waals surface area contributed by atoms with Crippen molar-refractivity contribution in [3.8, 4) is 5.75 Å². The maximum absolute atomic E-state index is 13.6. The highest BCUT2D eigenvalue weighted by molar-refractivity contribution is 9.10. The van der Waals surface area contributed by atoms with Gasteiger partial charge in [-0.3, -0.25) is 19.3 Å². The summed E-state index contributed by atoms with van der Waals surface area (Å²) in [6.45, 7) is 3.74. The Morgan fingerprint density at radius 3 is 2.58 bits per heavy atom. The predicted octanol–water partition coefficient (Wildman–Crippen LogP) is 2.56. The van der Waals surface area contributed by atoms with Gasteiger partial charge in [-0.05, 0) is 42.5 Å². The van der Waals surface area contributed by atoms with E-state index < -0.39 is 6.04 Å². The lowest BCUT2D eigenvalue weighted by atomic mass is 10.1. The number of anilines is 1. The standard InChI is InChI=1S/C24H26BrN3O5/c1-32-20-4-2-3-17(15-20)23(30)27(10-9-26-11-13-33-14-12-26)21-16-22(29)28(24(21)31)19-7-5-18(25)6-8-19/h2-8,15,21H,9-14,16H2,1H3. The van der Waals surface area contributed by atoms with E-state index in [-0.39, 0.29) is 24.1 Å². The first kappa shape index (κ1) is 23.4. The number of ether oxygens (including phenoxy) is 2. The fourth-order valence-electron chi connectivity index (χ4n) is 4.12. The quantitative estimate of drug-likeness (QED) is 0.527. The molecule has 2 aliphatic rings. The highest BCUT2D eigenvalue weighted by Gasteiger charge is 2.44. The number of nitrogens with zero attached hydrogens (tertiary/aromatic N) is 3. The van der Waals surface area contributed by atoms with Crippen molar-refractivity contribution in [3.63, 3.8) is 0 Å². The molecule has 0 aromatic heterocycles. The van der Waals surface area contributed by atoms with Crippen LogP contribution in [0.3, 0.4) is 0 Å². The molecule has 0 bridgehead atoms. The molecule has 2 heterocycles. The van der Waals surface area contributed by atoms with Crippen LogP contribution in [0, 0.1) is 0 Å². The second-order valence-electron chi connectivity index (χ2n) is 7.95. The first-order valence-electron chi connectivity index (χ1n) is 10.9. The molecule has 3 amide bonds. The van der Waals surface area contributed by atoms with Gasteiger partial charge in [-0.2, -0.15) is 0 Å². The van der Waals surface area contributed by atoms with Gasteiger partial charge in [-0.25, -0.2) is 4.90 Å². The minimum Gasteiger partial charge on any atom is -0.497 e. The molecule has 9 heteroatoms. The van der Waals surface area contributed by atoms with Crippen LogP contribution in [0.5, 0.6) is 5.75 Å². The molecule has 0 spiro atoms. The van der Waals surface area contributed by atoms with Crippen molar-refractivity contribution in [1.29, 1.82) is 0 Å². The van der Waals surface area contributed by atoms with Crippen LogP contribution in [0.25, 0.3) is 0 Å². The summed E-state index contributed by atoms with van der Waals surface area (Å²) in [5.74, 6) is -0.451. The largest absolute Gasteiger partial charge is 0.497 e. The van der Waals surface area contributed by atoms with Crippen molar-refractivity contribution in [3.05, 3.63) is 58.6 Å². The molecule has 0 radical (unpaired) electrons. The first-order valence-corrected chi connectivity index (χ1v) is 11.6. The van der Waals surface area contributed by atoms with Gasteiger partial charge in [0.2, 0.25) is 5.91 Å². The molecular weight excluding hydrogens is 490 g/mol. The zero-order valence-electron chi connectivity index (χ0n) is 18.4. The number of methoxy groups -OCH3 is 1. The number of morpholine rings is 1. The van der Waals surface area contributed by atoms with Crippen molar-refractivity contribution in [2.45, 2.75) is 12.5 Å². The van der Waals surface area contributed by atoms with Crippen LogP contribution in [-0.2, 0) is 14.3 Å². The van der Waals surface area contributed by atoms with E-state index in [1.54, 1.807) is 48.5 Å². The molecule has 2 aliphatic heterocycles. The van der Waals surface area contributed by atoms with Crippen LogP contribution in [0.1, 0.15) is 16.8 Å². The lowest BCUT2D eigenvalue weighted by Crippen LogP contribution is -2.49. The van der Waals surface area contributed by atoms with Gasteiger partial charge in [0.1, 0.15) is 11.8 Å². The molecule has 2 saturated heterocycles. The van der Waals surface area contributed by atoms with E-state index in [0.717, 1.165) is 17.6 Å². The summed E-state index contributed by atoms with van der Waals surface area (Å²) < 4.78 is 11.5. The van der Waals surface area contributed by atoms with Crippen LogP contribution in [0.2, 0.25) is 0 Å². The van der Waals surface area contributed by atoms with Crippen molar-refractivity contribution in [1.82, 2.24) is 9.80 Å². The summed E-state index contributed by atoms with van der Waals surface area (Å²) in [4.78, 5) is 44.7. The molecule has 174 valence electrons. The molecule has 2 fully saturated rings. The van der Waals surface area contributed by atoms with Gasteiger partial charge < -0.3 is 14.4 Å². The smallest absolute Gasteiger partial charge is 0.257 e. The van der Waals surface area contributed by atoms with Crippen LogP contribution in [0.15, 0.2) is 53.0 Å². The second-order valence-corrected chi connectivity index (χ2v) is 8.86. The summed E-state index contributed by atoms with van der Waals surface area (Å²) in [6, 6.07) is 13.0. The van der Waals surface area contributed by atoms with E-state index >= 15 is 0 Å². The molecule has 33 heavy (non-hydrogen) atoms. The van der Waals surface area contributed by atoms with Crippen LogP contribution >= 0.6 is 15.9 Å². The molecule has 8 nitrogen and oxygen atoms in total. The Labute approximate surface area is 201 Å². The maximum Gasteiger partial charge on any atom is 0.257 e. The maximum atomic E-state index is 13.6. The number of rotatable bonds is 7. The van der Waals surface area contributed by atoms with E-state index in [0.29, 0.717) is 43.3 Å². The average molecular weight is 516 g/mol. The molecule has 0 aliphatic carbocycles. The van der Waals surface area contributed by atoms with E-state index in [4.69, 9.17) is 9.47 Å². The normalized spacial score (nSPS) is 19.1. The van der Waals surface area contributed by atoms with Crippen molar-refractivity contribution in [2.24, 2.45) is 0 Å². The Kier molecular flexibility index (Phi) is 7.42. The molecule has 0 saturated carbocycles. The molecule has 2 aromatic carbocycles. The van der Waals surface area contributed by atoms with Crippen LogP contribution in [-0.4, -0.2) is 80.1 Å². The molecule has 2 aromatic rings. The third-order valence-electron chi connectivity index (χ3n) is 5.92. The van der Waals surface area contributed by atoms with Gasteiger partial charge in [0, 0.05) is 36.2 Å². The summed E-state index contributed by atoms with van der Waals surface area (Å²) in [6.07, 6.45) is -0.0479. The Morgan fingerprint density at radius 2 is 1.88 bits per heavy atom. The van der Waals surface area contributed by atoms with Gasteiger partial charge in [-0.1, -0.05) is 22.0 Å². The fraction of sp³-hybridized carbons (Fsp3) is 0.375. The van der Waals surface area contributed by atoms with E-state index in [2.05, 4.69) is 20.8 Å². The Hall–Kier alpha value is -2.75. The Morgan fingerprint density at radius 1 is 1.15 bits per heavy atom. The summed E-state index contributed by atoms with van der Waals surface area (Å²) in [5.41, 5.74) is 0.913. The van der Waals surface area contributed by atoms with Gasteiger partial charge in [-0.15, -0.1) is 0 Å². The number of hydrogen-bond donors (Lipinski definition) is 0. The summed E-state index contributed by atoms with van der Waals surface area (Å²) >= 11 is 3.37. The third kappa shape index (κ3) is 5.26. The van der Waals surface area contributed by atoms with E-state index in [1.165, 1.54) is 16.9 Å². The monoisotopic (exact) mass is 515 g/mol. The zero-order chi connectivity index (χ0) is 23.4. The fourth-order valence-corrected chi connectivity index (χ4v) is 4.38. The topological polar surface area (TPSA) is 79.4 Å². The van der Waals surface area contributed by atoms with Gasteiger partial charge in [0.15, 0.2) is 0 Å². The number of amides is 3. The molecule has 1 unspecified atom stereocenters. The van der Waals surface area contributed by atoms with Crippen molar-refractivity contribution in [2.75, 3.05) is 51.4 Å². The molecule has 1 atom stereocenters. The summed E-state index contributed by atoms with van der Waals surface area (Å²) in [5, 5.41) is 0. The van der Waals surface area contributed by atoms with Gasteiger partial charge in [0.25, 0.3) is 11.8 Å². The van der Waals surface area contributed by atoms with E-state index in [1.807, 2.05) is 0 Å². The summed E-state index contributed by atoms with van der Waals surface area (Å²) in [7, 11) is 1.54. The first-order chi connectivity index (χ1) is 16.0. The number of hydrogen-bond acceptors (Lipinski definition) is 6. The minimum atomic E-state index is -0.860. The van der Waals surface area contributed by atoms with E-state index in [9.17, 15) is 14.4 Å². The number of imide groups is 1. The number of halogens is 1. The Balaban J connectivity index is 1.60. The van der Waals surface area contributed by atoms with Crippen LogP contribution < -0.4 is 9.64 Å². The Bertz CT molecular complexity index is 1020. The average Bonchev–Trinajstić information content (AvgIpc) is 3.14. The molecule has 4 rings (SSSR count). The molecule has 0 N–H and O–H groups in total. The van der Waals surface area contributed by atoms with Gasteiger partial charge in [0.05, 0.1) is 32.4 Å². The third-order valence-corrected chi connectivity index (χ3v) is 6.45. The minimum absolute atomic E-state index is 0.0479. The number of carbonyl (C=O) groups excluding carboxylic acids is 3. The predicted molar refractivity (Wildman–Crippen MR) is 126 cm³/mol. The lowest BCUT2D eigenvalue weighted by Gasteiger charge is -2.32. The SMILES string of the molecule is COc1cccc(C(=O)N(CCN2CCOCC2)C2CC(=O)N(c3ccc(Br)cc3)C2=O)c1. The highest BCUT2D eigenvalue weighted by Crippen LogP contribution is 2.28. The second kappa shape index (κ2) is 10.5. The lowest BCUT2D eigenvalue weighted by molar-refractivity contribution is -0.122. The number of carbonyl (C=O) groups is 3. The molecular formula is C24H26BrN3O5. The zero-order valence-corrected chi connectivity index (χ0v) is 20.0. The van der Waals surface area contributed by atoms with Crippen molar-refractivity contribution >= 4 is 39.3 Å². The number of benzene rings is 2.